The van der Waals surface area contributed by atoms with Gasteiger partial charge >= 0.3 is 12.1 Å². The Bertz CT molecular complexity index is 1070. The lowest BCUT2D eigenvalue weighted by Crippen LogP contribution is -2.45. The van der Waals surface area contributed by atoms with Crippen LogP contribution in [0.4, 0.5) is 9.93 Å². The summed E-state index contributed by atoms with van der Waals surface area (Å²) >= 11 is 1.07. The fourth-order valence-electron chi connectivity index (χ4n) is 3.59. The Kier molecular flexibility index (Phi) is 5.89. The van der Waals surface area contributed by atoms with Gasteiger partial charge in [0.2, 0.25) is 11.0 Å². The molecule has 9 nitrogen and oxygen atoms in total. The summed E-state index contributed by atoms with van der Waals surface area (Å²) < 4.78 is 5.39. The number of fused-ring (bicyclic) bond motifs is 3. The number of carbonyl (C=O) groups is 3. The molecule has 158 valence electrons. The fraction of sp³-hybridized carbons (Fsp3) is 0.190. The summed E-state index contributed by atoms with van der Waals surface area (Å²) in [4.78, 5) is 35.9. The van der Waals surface area contributed by atoms with Crippen molar-refractivity contribution in [3.63, 3.8) is 0 Å². The number of carbonyl (C=O) groups excluding carboxylic acids is 2. The van der Waals surface area contributed by atoms with Crippen molar-refractivity contribution in [2.75, 3.05) is 11.9 Å². The number of aromatic nitrogens is 2. The molecule has 1 aromatic heterocycles. The molecular formula is C21H18N4O5S. The average Bonchev–Trinajstić information content (AvgIpc) is 3.37. The second-order valence-electron chi connectivity index (χ2n) is 6.85. The summed E-state index contributed by atoms with van der Waals surface area (Å²) in [6, 6.07) is 14.5. The van der Waals surface area contributed by atoms with Crippen LogP contribution in [-0.2, 0) is 14.3 Å². The smallest absolute Gasteiger partial charge is 0.407 e. The summed E-state index contributed by atoms with van der Waals surface area (Å²) in [7, 11) is 0. The van der Waals surface area contributed by atoms with Gasteiger partial charge in [0.25, 0.3) is 0 Å². The molecule has 0 saturated heterocycles. The Morgan fingerprint density at radius 3 is 2.29 bits per heavy atom. The van der Waals surface area contributed by atoms with Crippen molar-refractivity contribution in [3.05, 3.63) is 65.2 Å². The third-order valence-electron chi connectivity index (χ3n) is 4.92. The maximum atomic E-state index is 12.4. The van der Waals surface area contributed by atoms with Gasteiger partial charge in [0.05, 0.1) is 6.42 Å². The second kappa shape index (κ2) is 8.92. The molecule has 1 aliphatic rings. The Morgan fingerprint density at radius 1 is 1.06 bits per heavy atom. The lowest BCUT2D eigenvalue weighted by molar-refractivity contribution is -0.139. The van der Waals surface area contributed by atoms with Crippen LogP contribution in [0, 0.1) is 0 Å². The Balaban J connectivity index is 1.43. The molecule has 2 aromatic carbocycles. The first-order valence-electron chi connectivity index (χ1n) is 9.43. The van der Waals surface area contributed by atoms with Gasteiger partial charge in [0.1, 0.15) is 18.2 Å². The molecule has 0 radical (unpaired) electrons. The average molecular weight is 438 g/mol. The van der Waals surface area contributed by atoms with Crippen molar-refractivity contribution in [2.24, 2.45) is 0 Å². The second-order valence-corrected chi connectivity index (χ2v) is 7.69. The van der Waals surface area contributed by atoms with E-state index in [0.29, 0.717) is 0 Å². The highest BCUT2D eigenvalue weighted by Gasteiger charge is 2.30. The number of hydrogen-bond acceptors (Lipinski definition) is 7. The van der Waals surface area contributed by atoms with Crippen molar-refractivity contribution in [1.29, 1.82) is 0 Å². The molecule has 1 aliphatic carbocycles. The Labute approximate surface area is 181 Å². The van der Waals surface area contributed by atoms with Crippen LogP contribution in [0.2, 0.25) is 0 Å². The highest BCUT2D eigenvalue weighted by atomic mass is 32.1. The Hall–Kier alpha value is -3.79. The van der Waals surface area contributed by atoms with E-state index >= 15 is 0 Å². The number of amides is 2. The minimum atomic E-state index is -1.32. The largest absolute Gasteiger partial charge is 0.481 e. The number of anilines is 1. The van der Waals surface area contributed by atoms with E-state index in [9.17, 15) is 14.4 Å². The van der Waals surface area contributed by atoms with Crippen molar-refractivity contribution < 1.29 is 24.2 Å². The minimum absolute atomic E-state index is 0.0532. The Morgan fingerprint density at radius 2 is 1.71 bits per heavy atom. The fourth-order valence-corrected chi connectivity index (χ4v) is 4.03. The molecule has 0 bridgehead atoms. The summed E-state index contributed by atoms with van der Waals surface area (Å²) in [6.45, 7) is 0.0532. The predicted molar refractivity (Wildman–Crippen MR) is 113 cm³/mol. The van der Waals surface area contributed by atoms with Crippen LogP contribution in [0.15, 0.2) is 54.0 Å². The normalized spacial score (nSPS) is 13.0. The van der Waals surface area contributed by atoms with Gasteiger partial charge in [0, 0.05) is 5.92 Å². The maximum Gasteiger partial charge on any atom is 0.407 e. The summed E-state index contributed by atoms with van der Waals surface area (Å²) in [5.41, 5.74) is 5.70. The van der Waals surface area contributed by atoms with E-state index in [1.807, 2.05) is 48.5 Å². The monoisotopic (exact) mass is 438 g/mol. The van der Waals surface area contributed by atoms with Crippen LogP contribution < -0.4 is 10.6 Å². The number of rotatable bonds is 7. The van der Waals surface area contributed by atoms with Crippen LogP contribution in [-0.4, -0.2) is 45.9 Å². The van der Waals surface area contributed by atoms with E-state index in [0.717, 1.165) is 33.6 Å². The lowest BCUT2D eigenvalue weighted by Gasteiger charge is -2.18. The molecule has 1 heterocycles. The summed E-state index contributed by atoms with van der Waals surface area (Å²) in [6.07, 6.45) is -1.48. The molecule has 3 N–H and O–H groups in total. The summed E-state index contributed by atoms with van der Waals surface area (Å²) in [5, 5.41) is 21.3. The quantitative estimate of drug-likeness (QED) is 0.517. The maximum absolute atomic E-state index is 12.4. The molecule has 0 fully saturated rings. The predicted octanol–water partition coefficient (Wildman–Crippen LogP) is 2.86. The molecule has 31 heavy (non-hydrogen) atoms. The third kappa shape index (κ3) is 4.53. The minimum Gasteiger partial charge on any atom is -0.481 e. The molecule has 1 atom stereocenters. The van der Waals surface area contributed by atoms with Gasteiger partial charge in [0.15, 0.2) is 0 Å². The van der Waals surface area contributed by atoms with Crippen LogP contribution in [0.25, 0.3) is 11.1 Å². The highest BCUT2D eigenvalue weighted by Crippen LogP contribution is 2.44. The van der Waals surface area contributed by atoms with Crippen molar-refractivity contribution in [1.82, 2.24) is 15.5 Å². The van der Waals surface area contributed by atoms with Crippen LogP contribution >= 0.6 is 11.3 Å². The van der Waals surface area contributed by atoms with Gasteiger partial charge in [-0.2, -0.15) is 0 Å². The number of benzene rings is 2. The van der Waals surface area contributed by atoms with E-state index in [1.54, 1.807) is 0 Å². The standard InChI is InChI=1S/C21H18N4O5S/c26-18(27)9-17(19(28)24-20-25-22-11-31-20)23-21(29)30-10-16-14-7-3-1-5-12(14)13-6-2-4-8-15(13)16/h1-8,11,16-17H,9-10H2,(H,23,29)(H,26,27)(H,24,25,28). The third-order valence-corrected chi connectivity index (χ3v) is 5.53. The molecule has 0 saturated carbocycles. The van der Waals surface area contributed by atoms with Gasteiger partial charge in [-0.05, 0) is 22.3 Å². The van der Waals surface area contributed by atoms with Crippen molar-refractivity contribution in [3.8, 4) is 11.1 Å². The number of ether oxygens (including phenoxy) is 1. The molecule has 0 aliphatic heterocycles. The molecule has 3 aromatic rings. The van der Waals surface area contributed by atoms with Gasteiger partial charge in [-0.15, -0.1) is 10.2 Å². The molecular weight excluding hydrogens is 420 g/mol. The zero-order chi connectivity index (χ0) is 21.8. The van der Waals surface area contributed by atoms with Gasteiger partial charge in [-0.1, -0.05) is 59.9 Å². The van der Waals surface area contributed by atoms with E-state index < -0.39 is 30.4 Å². The van der Waals surface area contributed by atoms with Crippen LogP contribution in [0.5, 0.6) is 0 Å². The number of carboxylic acids is 1. The van der Waals surface area contributed by atoms with Gasteiger partial charge in [-0.25, -0.2) is 4.79 Å². The summed E-state index contributed by atoms with van der Waals surface area (Å²) in [5.74, 6) is -2.10. The first-order valence-corrected chi connectivity index (χ1v) is 10.3. The number of nitrogens with zero attached hydrogens (tertiary/aromatic N) is 2. The lowest BCUT2D eigenvalue weighted by atomic mass is 9.98. The van der Waals surface area contributed by atoms with E-state index in [4.69, 9.17) is 9.84 Å². The van der Waals surface area contributed by atoms with E-state index in [-0.39, 0.29) is 17.7 Å². The SMILES string of the molecule is O=C(O)CC(NC(=O)OCC1c2ccccc2-c2ccccc21)C(=O)Nc1nncs1. The van der Waals surface area contributed by atoms with E-state index in [2.05, 4.69) is 20.8 Å². The molecule has 4 rings (SSSR count). The zero-order valence-corrected chi connectivity index (χ0v) is 17.0. The van der Waals surface area contributed by atoms with Gasteiger partial charge < -0.3 is 15.2 Å². The van der Waals surface area contributed by atoms with Gasteiger partial charge in [-0.3, -0.25) is 14.9 Å². The topological polar surface area (TPSA) is 131 Å². The van der Waals surface area contributed by atoms with E-state index in [1.165, 1.54) is 5.51 Å². The molecule has 10 heteroatoms. The van der Waals surface area contributed by atoms with Crippen LogP contribution in [0.3, 0.4) is 0 Å². The zero-order valence-electron chi connectivity index (χ0n) is 16.1. The number of aliphatic carboxylic acids is 1. The number of nitrogens with one attached hydrogen (secondary N) is 2. The highest BCUT2D eigenvalue weighted by molar-refractivity contribution is 7.13. The molecule has 1 unspecified atom stereocenters. The van der Waals surface area contributed by atoms with Crippen molar-refractivity contribution in [2.45, 2.75) is 18.4 Å². The first-order chi connectivity index (χ1) is 15.0. The number of alkyl carbamates (subject to hydrolysis) is 1. The number of hydrogen-bond donors (Lipinski definition) is 3. The molecule has 0 spiro atoms. The van der Waals surface area contributed by atoms with Crippen molar-refractivity contribution >= 4 is 34.4 Å². The van der Waals surface area contributed by atoms with Crippen LogP contribution in [0.1, 0.15) is 23.5 Å². The number of carboxylic acid groups (broad SMARTS) is 1. The molecule has 2 amide bonds. The first kappa shape index (κ1) is 20.5.